The third-order valence-corrected chi connectivity index (χ3v) is 5.78. The molecule has 0 aliphatic heterocycles. The van der Waals surface area contributed by atoms with Crippen LogP contribution in [0.1, 0.15) is 27.8 Å². The van der Waals surface area contributed by atoms with E-state index in [1.807, 2.05) is 11.8 Å². The number of carbonyl (C=O) groups excluding carboxylic acids is 1. The summed E-state index contributed by atoms with van der Waals surface area (Å²) in [7, 11) is 0. The molecule has 2 nitrogen and oxygen atoms in total. The minimum absolute atomic E-state index is 0.130. The summed E-state index contributed by atoms with van der Waals surface area (Å²) < 4.78 is 0. The van der Waals surface area contributed by atoms with Gasteiger partial charge in [-0.3, -0.25) is 4.79 Å². The van der Waals surface area contributed by atoms with E-state index in [1.165, 1.54) is 27.8 Å². The zero-order valence-corrected chi connectivity index (χ0v) is 16.9. The Labute approximate surface area is 160 Å². The van der Waals surface area contributed by atoms with E-state index in [1.54, 1.807) is 11.8 Å². The third kappa shape index (κ3) is 8.02. The highest BCUT2D eigenvalue weighted by molar-refractivity contribution is 7.99. The van der Waals surface area contributed by atoms with Crippen molar-refractivity contribution in [2.24, 2.45) is 0 Å². The summed E-state index contributed by atoms with van der Waals surface area (Å²) in [5.74, 6) is 3.48. The molecule has 1 N–H and O–H groups in total. The number of amides is 1. The Bertz CT molecular complexity index is 663. The molecule has 0 atom stereocenters. The van der Waals surface area contributed by atoms with E-state index >= 15 is 0 Å². The second-order valence-corrected chi connectivity index (χ2v) is 8.47. The number of carbonyl (C=O) groups is 1. The van der Waals surface area contributed by atoms with Crippen LogP contribution in [0.15, 0.2) is 42.5 Å². The van der Waals surface area contributed by atoms with Gasteiger partial charge in [-0.15, -0.1) is 11.8 Å². The van der Waals surface area contributed by atoms with Crippen LogP contribution in [-0.4, -0.2) is 24.0 Å². The minimum Gasteiger partial charge on any atom is -0.355 e. The topological polar surface area (TPSA) is 29.1 Å². The second kappa shape index (κ2) is 10.6. The lowest BCUT2D eigenvalue weighted by molar-refractivity contribution is -0.118. The summed E-state index contributed by atoms with van der Waals surface area (Å²) in [5.41, 5.74) is 6.49. The zero-order chi connectivity index (χ0) is 18.1. The van der Waals surface area contributed by atoms with Gasteiger partial charge in [0.05, 0.1) is 5.75 Å². The molecule has 0 saturated heterocycles. The molecule has 0 fully saturated rings. The fraction of sp³-hybridized carbons (Fsp3) is 0.381. The molecule has 25 heavy (non-hydrogen) atoms. The average Bonchev–Trinajstić information content (AvgIpc) is 2.55. The average molecular weight is 374 g/mol. The Morgan fingerprint density at radius 2 is 1.48 bits per heavy atom. The van der Waals surface area contributed by atoms with Crippen molar-refractivity contribution in [2.75, 3.05) is 18.1 Å². The van der Waals surface area contributed by atoms with Gasteiger partial charge < -0.3 is 5.32 Å². The normalized spacial score (nSPS) is 10.7. The monoisotopic (exact) mass is 373 g/mol. The summed E-state index contributed by atoms with van der Waals surface area (Å²) in [6, 6.07) is 15.2. The zero-order valence-electron chi connectivity index (χ0n) is 15.3. The Hall–Kier alpha value is -1.39. The first kappa shape index (κ1) is 19.9. The van der Waals surface area contributed by atoms with Crippen molar-refractivity contribution in [2.45, 2.75) is 32.3 Å². The van der Waals surface area contributed by atoms with Gasteiger partial charge in [-0.25, -0.2) is 0 Å². The largest absolute Gasteiger partial charge is 0.355 e. The van der Waals surface area contributed by atoms with Crippen molar-refractivity contribution >= 4 is 29.4 Å². The van der Waals surface area contributed by atoms with Gasteiger partial charge in [-0.2, -0.15) is 11.8 Å². The van der Waals surface area contributed by atoms with E-state index in [4.69, 9.17) is 0 Å². The van der Waals surface area contributed by atoms with E-state index in [-0.39, 0.29) is 5.91 Å². The highest BCUT2D eigenvalue weighted by Crippen LogP contribution is 2.16. The molecule has 2 aromatic rings. The van der Waals surface area contributed by atoms with Crippen molar-refractivity contribution in [3.8, 4) is 0 Å². The number of rotatable bonds is 9. The fourth-order valence-corrected chi connectivity index (χ4v) is 4.21. The lowest BCUT2D eigenvalue weighted by atomic mass is 10.1. The van der Waals surface area contributed by atoms with Crippen LogP contribution in [0.25, 0.3) is 0 Å². The molecule has 1 amide bonds. The van der Waals surface area contributed by atoms with Crippen LogP contribution in [0, 0.1) is 20.8 Å². The molecule has 134 valence electrons. The summed E-state index contributed by atoms with van der Waals surface area (Å²) in [6.07, 6.45) is 0. The van der Waals surface area contributed by atoms with Crippen LogP contribution >= 0.6 is 23.5 Å². The number of thioether (sulfide) groups is 2. The molecule has 0 radical (unpaired) electrons. The SMILES string of the molecule is Cc1ccc(CSCCNC(=O)CSCc2cc(C)cc(C)c2)cc1. The van der Waals surface area contributed by atoms with Gasteiger partial charge in [-0.1, -0.05) is 59.2 Å². The molecule has 2 rings (SSSR count). The van der Waals surface area contributed by atoms with Gasteiger partial charge in [0.25, 0.3) is 0 Å². The summed E-state index contributed by atoms with van der Waals surface area (Å²) in [5, 5.41) is 3.01. The molecule has 0 saturated carbocycles. The molecular weight excluding hydrogens is 346 g/mol. The third-order valence-electron chi connectivity index (χ3n) is 3.74. The highest BCUT2D eigenvalue weighted by atomic mass is 32.2. The highest BCUT2D eigenvalue weighted by Gasteiger charge is 2.03. The van der Waals surface area contributed by atoms with Gasteiger partial charge in [0.1, 0.15) is 0 Å². The van der Waals surface area contributed by atoms with Crippen LogP contribution in [0.4, 0.5) is 0 Å². The summed E-state index contributed by atoms with van der Waals surface area (Å²) in [4.78, 5) is 11.9. The molecule has 0 bridgehead atoms. The maximum absolute atomic E-state index is 11.9. The standard InChI is InChI=1S/C21H27NOS2/c1-16-4-6-19(7-5-16)13-24-9-8-22-21(23)15-25-14-20-11-17(2)10-18(3)12-20/h4-7,10-12H,8-9,13-15H2,1-3H3,(H,22,23). The molecule has 0 unspecified atom stereocenters. The molecular formula is C21H27NOS2. The maximum atomic E-state index is 11.9. The lowest BCUT2D eigenvalue weighted by Crippen LogP contribution is -2.27. The van der Waals surface area contributed by atoms with Gasteiger partial charge in [0.2, 0.25) is 5.91 Å². The van der Waals surface area contributed by atoms with Gasteiger partial charge in [0.15, 0.2) is 0 Å². The number of hydrogen-bond donors (Lipinski definition) is 1. The Morgan fingerprint density at radius 3 is 2.16 bits per heavy atom. The van der Waals surface area contributed by atoms with Gasteiger partial charge in [0, 0.05) is 23.8 Å². The van der Waals surface area contributed by atoms with Crippen LogP contribution in [0.2, 0.25) is 0 Å². The van der Waals surface area contributed by atoms with E-state index in [9.17, 15) is 4.79 Å². The lowest BCUT2D eigenvalue weighted by Gasteiger charge is -2.07. The first-order valence-electron chi connectivity index (χ1n) is 8.58. The fourth-order valence-electron chi connectivity index (χ4n) is 2.60. The van der Waals surface area contributed by atoms with Crippen molar-refractivity contribution in [1.82, 2.24) is 5.32 Å². The second-order valence-electron chi connectivity index (χ2n) is 6.38. The smallest absolute Gasteiger partial charge is 0.230 e. The molecule has 2 aromatic carbocycles. The molecule has 0 aromatic heterocycles. The quantitative estimate of drug-likeness (QED) is 0.634. The molecule has 0 aliphatic carbocycles. The summed E-state index contributed by atoms with van der Waals surface area (Å²) >= 11 is 3.53. The van der Waals surface area contributed by atoms with Crippen molar-refractivity contribution in [3.63, 3.8) is 0 Å². The van der Waals surface area contributed by atoms with E-state index in [0.29, 0.717) is 5.75 Å². The number of hydrogen-bond acceptors (Lipinski definition) is 3. The van der Waals surface area contributed by atoms with Crippen LogP contribution < -0.4 is 5.32 Å². The number of benzene rings is 2. The van der Waals surface area contributed by atoms with Crippen LogP contribution in [-0.2, 0) is 16.3 Å². The molecule has 0 heterocycles. The van der Waals surface area contributed by atoms with Crippen LogP contribution in [0.3, 0.4) is 0 Å². The van der Waals surface area contributed by atoms with Crippen molar-refractivity contribution < 1.29 is 4.79 Å². The van der Waals surface area contributed by atoms with Crippen molar-refractivity contribution in [3.05, 3.63) is 70.3 Å². The van der Waals surface area contributed by atoms with E-state index in [2.05, 4.69) is 68.6 Å². The molecule has 4 heteroatoms. The Kier molecular flexibility index (Phi) is 8.42. The summed E-state index contributed by atoms with van der Waals surface area (Å²) in [6.45, 7) is 7.06. The van der Waals surface area contributed by atoms with Crippen molar-refractivity contribution in [1.29, 1.82) is 0 Å². The van der Waals surface area contributed by atoms with Crippen LogP contribution in [0.5, 0.6) is 0 Å². The predicted molar refractivity (Wildman–Crippen MR) is 112 cm³/mol. The van der Waals surface area contributed by atoms with E-state index in [0.717, 1.165) is 23.8 Å². The maximum Gasteiger partial charge on any atom is 0.230 e. The number of nitrogens with one attached hydrogen (secondary N) is 1. The molecule has 0 aliphatic rings. The number of aryl methyl sites for hydroxylation is 3. The first-order chi connectivity index (χ1) is 12.0. The minimum atomic E-state index is 0.130. The van der Waals surface area contributed by atoms with Gasteiger partial charge in [-0.05, 0) is 31.9 Å². The van der Waals surface area contributed by atoms with Gasteiger partial charge >= 0.3 is 0 Å². The Morgan fingerprint density at radius 1 is 0.840 bits per heavy atom. The first-order valence-corrected chi connectivity index (χ1v) is 10.9. The predicted octanol–water partition coefficient (Wildman–Crippen LogP) is 4.89. The van der Waals surface area contributed by atoms with E-state index < -0.39 is 0 Å². The Balaban J connectivity index is 1.55. The molecule has 0 spiro atoms.